The molecular formula is C52H54F2N10O7. The second kappa shape index (κ2) is 18.5. The summed E-state index contributed by atoms with van der Waals surface area (Å²) in [5.74, 6) is 0.487. The van der Waals surface area contributed by atoms with E-state index in [0.29, 0.717) is 54.6 Å². The lowest BCUT2D eigenvalue weighted by Gasteiger charge is -2.35. The maximum absolute atomic E-state index is 17.2. The van der Waals surface area contributed by atoms with Gasteiger partial charge < -0.3 is 30.1 Å². The highest BCUT2D eigenvalue weighted by molar-refractivity contribution is 6.03. The Kier molecular flexibility index (Phi) is 12.1. The molecule has 2 bridgehead atoms. The number of fused-ring (bicyclic) bond motifs is 6. The lowest BCUT2D eigenvalue weighted by atomic mass is 9.95. The lowest BCUT2D eigenvalue weighted by Crippen LogP contribution is -2.51. The monoisotopic (exact) mass is 968 g/mol. The molecule has 368 valence electrons. The Morgan fingerprint density at radius 1 is 1.04 bits per heavy atom. The molecule has 1 unspecified atom stereocenters. The summed E-state index contributed by atoms with van der Waals surface area (Å²) in [6.07, 6.45) is 14.6. The van der Waals surface area contributed by atoms with E-state index in [4.69, 9.17) is 20.9 Å². The van der Waals surface area contributed by atoms with E-state index in [0.717, 1.165) is 62.6 Å². The van der Waals surface area contributed by atoms with Crippen LogP contribution in [0, 0.1) is 24.0 Å². The van der Waals surface area contributed by atoms with Crippen LogP contribution in [-0.4, -0.2) is 115 Å². The second-order valence-electron chi connectivity index (χ2n) is 19.7. The zero-order chi connectivity index (χ0) is 49.1. The van der Waals surface area contributed by atoms with Crippen molar-refractivity contribution in [3.8, 4) is 35.4 Å². The number of halogens is 2. The average Bonchev–Trinajstić information content (AvgIpc) is 4.10. The first-order chi connectivity index (χ1) is 34.4. The SMILES string of the molecule is C#Cc1c(F)ccc2cc(O)cc(-c3ncc4c(N5C[C@H]6CC[C@@H](C5)N6)nc(OC[C@@]56CCCN5[C@H](COC(=O)NCCCCc5cccc7c5n(C)c(=O)n7C5CCC(=O)NC5=O)CC6)nc4c3F)c12. The minimum absolute atomic E-state index is 0.0113. The molecule has 5 atom stereocenters. The third-order valence-electron chi connectivity index (χ3n) is 15.4. The van der Waals surface area contributed by atoms with Crippen molar-refractivity contribution in [1.82, 2.24) is 44.9 Å². The van der Waals surface area contributed by atoms with Gasteiger partial charge in [0.05, 0.1) is 27.5 Å². The molecule has 5 saturated heterocycles. The summed E-state index contributed by atoms with van der Waals surface area (Å²) in [6, 6.07) is 10.8. The molecule has 19 heteroatoms. The first-order valence-electron chi connectivity index (χ1n) is 24.5. The summed E-state index contributed by atoms with van der Waals surface area (Å²) in [7, 11) is 1.68. The van der Waals surface area contributed by atoms with Gasteiger partial charge in [-0.05, 0) is 106 Å². The summed E-state index contributed by atoms with van der Waals surface area (Å²) in [6.45, 7) is 2.94. The number of alkyl carbamates (subject to hydrolysis) is 1. The molecule has 3 aromatic heterocycles. The Balaban J connectivity index is 0.751. The van der Waals surface area contributed by atoms with Gasteiger partial charge in [0.2, 0.25) is 11.8 Å². The van der Waals surface area contributed by atoms with E-state index in [2.05, 4.69) is 41.6 Å². The van der Waals surface area contributed by atoms with Crippen molar-refractivity contribution >= 4 is 56.4 Å². The number of anilines is 1. The van der Waals surface area contributed by atoms with Gasteiger partial charge in [0.15, 0.2) is 5.82 Å². The van der Waals surface area contributed by atoms with E-state index in [-0.39, 0.29) is 101 Å². The number of amides is 3. The summed E-state index contributed by atoms with van der Waals surface area (Å²) < 4.78 is 47.6. The average molecular weight is 969 g/mol. The molecule has 5 fully saturated rings. The van der Waals surface area contributed by atoms with Crippen LogP contribution in [-0.2, 0) is 27.8 Å². The van der Waals surface area contributed by atoms with Gasteiger partial charge in [0.1, 0.15) is 47.9 Å². The molecule has 5 aliphatic heterocycles. The number of nitrogens with one attached hydrogen (secondary N) is 3. The lowest BCUT2D eigenvalue weighted by molar-refractivity contribution is -0.135. The number of pyridine rings is 1. The Hall–Kier alpha value is -7.17. The van der Waals surface area contributed by atoms with Crippen molar-refractivity contribution in [3.05, 3.63) is 81.9 Å². The number of nitrogens with zero attached hydrogens (tertiary/aromatic N) is 7. The second-order valence-corrected chi connectivity index (χ2v) is 19.7. The van der Waals surface area contributed by atoms with Crippen LogP contribution in [0.5, 0.6) is 11.8 Å². The highest BCUT2D eigenvalue weighted by Crippen LogP contribution is 2.44. The van der Waals surface area contributed by atoms with Crippen molar-refractivity contribution < 1.29 is 37.7 Å². The number of hydrogen-bond acceptors (Lipinski definition) is 13. The fourth-order valence-electron chi connectivity index (χ4n) is 12.0. The number of piperazine rings is 1. The van der Waals surface area contributed by atoms with Crippen molar-refractivity contribution in [2.45, 2.75) is 100 Å². The number of carbonyl (C=O) groups excluding carboxylic acids is 3. The standard InChI is InChI=1S/C52H54F2N10O7/c1-3-35-38(53)14-11-30-22-34(65)23-36(42(30)35)44-43(54)45-37(24-56-44)47(62-25-31-12-13-32(26-62)57-31)60-49(59-45)71-28-52-18-7-21-63(52)33(17-19-52)27-70-50(68)55-20-5-4-8-29-9-6-10-39-46(29)61(2)51(69)64(39)40-15-16-41(66)58-48(40)67/h1,6,9-11,14,22-24,31-33,40,57,65H,4-5,7-8,12-13,15-21,25-28H2,2H3,(H,55,68)(H,58,66,67)/t31-,32+,33-,40?,52-/m0/s1. The first-order valence-corrected chi connectivity index (χ1v) is 24.5. The Morgan fingerprint density at radius 3 is 2.68 bits per heavy atom. The van der Waals surface area contributed by atoms with Gasteiger partial charge in [-0.3, -0.25) is 33.9 Å². The number of benzene rings is 3. The van der Waals surface area contributed by atoms with Gasteiger partial charge in [-0.15, -0.1) is 6.42 Å². The third-order valence-corrected chi connectivity index (χ3v) is 15.4. The summed E-state index contributed by atoms with van der Waals surface area (Å²) in [4.78, 5) is 69.4. The molecule has 5 aliphatic rings. The molecule has 71 heavy (non-hydrogen) atoms. The quantitative estimate of drug-likeness (QED) is 0.0644. The molecule has 4 N–H and O–H groups in total. The number of terminal acetylenes is 1. The summed E-state index contributed by atoms with van der Waals surface area (Å²) in [5.41, 5.74) is 1.54. The van der Waals surface area contributed by atoms with Crippen LogP contribution >= 0.6 is 0 Å². The number of imide groups is 1. The highest BCUT2D eigenvalue weighted by atomic mass is 19.1. The van der Waals surface area contributed by atoms with E-state index in [1.54, 1.807) is 11.6 Å². The third kappa shape index (κ3) is 8.35. The van der Waals surface area contributed by atoms with Crippen LogP contribution in [0.4, 0.5) is 19.4 Å². The number of aromatic hydroxyl groups is 1. The molecule has 0 aliphatic carbocycles. The van der Waals surface area contributed by atoms with Crippen LogP contribution in [0.15, 0.2) is 53.5 Å². The smallest absolute Gasteiger partial charge is 0.407 e. The van der Waals surface area contributed by atoms with E-state index < -0.39 is 29.7 Å². The van der Waals surface area contributed by atoms with Crippen molar-refractivity contribution in [2.24, 2.45) is 7.05 Å². The zero-order valence-corrected chi connectivity index (χ0v) is 39.3. The van der Waals surface area contributed by atoms with Crippen LogP contribution in [0.2, 0.25) is 0 Å². The number of aryl methyl sites for hydroxylation is 2. The Labute approximate surface area is 406 Å². The molecule has 3 amide bonds. The Bertz CT molecular complexity index is 3250. The van der Waals surface area contributed by atoms with Gasteiger partial charge in [-0.1, -0.05) is 24.1 Å². The fourth-order valence-corrected chi connectivity index (χ4v) is 12.0. The van der Waals surface area contributed by atoms with E-state index in [1.165, 1.54) is 35.0 Å². The maximum Gasteiger partial charge on any atom is 0.407 e. The van der Waals surface area contributed by atoms with Crippen molar-refractivity contribution in [1.29, 1.82) is 0 Å². The molecular weight excluding hydrogens is 915 g/mol. The summed E-state index contributed by atoms with van der Waals surface area (Å²) in [5, 5.41) is 20.6. The van der Waals surface area contributed by atoms with Gasteiger partial charge in [-0.2, -0.15) is 9.97 Å². The largest absolute Gasteiger partial charge is 0.508 e. The molecule has 3 aromatic carbocycles. The van der Waals surface area contributed by atoms with Gasteiger partial charge in [-0.25, -0.2) is 18.4 Å². The van der Waals surface area contributed by atoms with E-state index >= 15 is 8.78 Å². The first kappa shape index (κ1) is 46.2. The molecule has 6 aromatic rings. The Morgan fingerprint density at radius 2 is 1.87 bits per heavy atom. The van der Waals surface area contributed by atoms with Crippen molar-refractivity contribution in [2.75, 3.05) is 44.3 Å². The van der Waals surface area contributed by atoms with E-state index in [1.807, 2.05) is 18.2 Å². The number of unbranched alkanes of at least 4 members (excludes halogenated alkanes) is 1. The number of aromatic nitrogens is 5. The molecule has 8 heterocycles. The fraction of sp³-hybridized carbons (Fsp3) is 0.442. The van der Waals surface area contributed by atoms with Gasteiger partial charge >= 0.3 is 17.8 Å². The molecule has 0 spiro atoms. The number of ether oxygens (including phenoxy) is 2. The van der Waals surface area contributed by atoms with Gasteiger partial charge in [0.25, 0.3) is 0 Å². The number of para-hydroxylation sites is 1. The molecule has 0 saturated carbocycles. The highest BCUT2D eigenvalue weighted by Gasteiger charge is 2.50. The number of hydrogen-bond donors (Lipinski definition) is 4. The predicted octanol–water partition coefficient (Wildman–Crippen LogP) is 5.51. The van der Waals surface area contributed by atoms with E-state index in [9.17, 15) is 24.3 Å². The number of rotatable bonds is 13. The molecule has 11 rings (SSSR count). The zero-order valence-electron chi connectivity index (χ0n) is 39.3. The van der Waals surface area contributed by atoms with Crippen LogP contribution < -0.4 is 31.3 Å². The molecule has 17 nitrogen and oxygen atoms in total. The normalized spacial score (nSPS) is 23.1. The van der Waals surface area contributed by atoms with Crippen LogP contribution in [0.1, 0.15) is 81.4 Å². The number of carbonyl (C=O) groups is 3. The minimum Gasteiger partial charge on any atom is -0.508 e. The predicted molar refractivity (Wildman–Crippen MR) is 260 cm³/mol. The van der Waals surface area contributed by atoms with Crippen LogP contribution in [0.25, 0.3) is 44.0 Å². The maximum atomic E-state index is 17.2. The summed E-state index contributed by atoms with van der Waals surface area (Å²) >= 11 is 0. The van der Waals surface area contributed by atoms with Crippen LogP contribution in [0.3, 0.4) is 0 Å². The number of phenolic OH excluding ortho intramolecular Hbond substituents is 1. The number of phenols is 1. The molecule has 0 radical (unpaired) electrons. The number of imidazole rings is 1. The van der Waals surface area contributed by atoms with Crippen molar-refractivity contribution in [3.63, 3.8) is 0 Å². The topological polar surface area (TPSA) is 198 Å². The van der Waals surface area contributed by atoms with Gasteiger partial charge in [0, 0.05) is 68.4 Å². The number of piperidine rings is 1. The minimum atomic E-state index is -0.782.